The molecule has 0 radical (unpaired) electrons. The van der Waals surface area contributed by atoms with Gasteiger partial charge in [0, 0.05) is 25.1 Å². The van der Waals surface area contributed by atoms with Crippen LogP contribution in [-0.4, -0.2) is 59.7 Å². The zero-order chi connectivity index (χ0) is 23.8. The van der Waals surface area contributed by atoms with E-state index in [-0.39, 0.29) is 17.6 Å². The molecule has 0 bridgehead atoms. The first-order chi connectivity index (χ1) is 15.6. The first kappa shape index (κ1) is 23.3. The summed E-state index contributed by atoms with van der Waals surface area (Å²) in [5.41, 5.74) is 1.18. The molecule has 178 valence electrons. The molecule has 1 aliphatic rings. The molecule has 1 N–H and O–H groups in total. The minimum atomic E-state index is -0.527. The van der Waals surface area contributed by atoms with E-state index in [2.05, 4.69) is 34.1 Å². The van der Waals surface area contributed by atoms with E-state index in [0.29, 0.717) is 59.9 Å². The van der Waals surface area contributed by atoms with E-state index in [1.165, 1.54) is 0 Å². The molecule has 0 unspecified atom stereocenters. The summed E-state index contributed by atoms with van der Waals surface area (Å²) in [7, 11) is 0. The third-order valence-corrected chi connectivity index (χ3v) is 6.44. The fourth-order valence-electron chi connectivity index (χ4n) is 3.81. The maximum absolute atomic E-state index is 12.5. The third kappa shape index (κ3) is 5.40. The van der Waals surface area contributed by atoms with Gasteiger partial charge < -0.3 is 19.1 Å². The van der Waals surface area contributed by atoms with Crippen LogP contribution in [0, 0.1) is 0 Å². The normalized spacial score (nSPS) is 15.5. The predicted molar refractivity (Wildman–Crippen MR) is 125 cm³/mol. The quantitative estimate of drug-likeness (QED) is 0.593. The summed E-state index contributed by atoms with van der Waals surface area (Å²) in [6, 6.07) is 1.58. The van der Waals surface area contributed by atoms with Crippen molar-refractivity contribution in [2.75, 3.05) is 13.1 Å². The number of hydrogen-bond donors (Lipinski definition) is 1. The summed E-state index contributed by atoms with van der Waals surface area (Å²) in [5, 5.41) is 9.02. The van der Waals surface area contributed by atoms with Crippen LogP contribution >= 0.6 is 11.8 Å². The van der Waals surface area contributed by atoms with E-state index in [4.69, 9.17) is 9.26 Å². The van der Waals surface area contributed by atoms with Gasteiger partial charge in [-0.05, 0) is 38.9 Å². The van der Waals surface area contributed by atoms with Crippen LogP contribution in [0.2, 0.25) is 0 Å². The topological polar surface area (TPSA) is 119 Å². The standard InChI is InChI=1S/C22H30N6O4S/c1-13(2)33-12-17-24-20(32-26-17)15-11-23-28-16(10-18(29)25-19(15)28)14-6-8-27(9-7-14)21(30)31-22(3,4)5/h10-11,13-14H,6-9,12H2,1-5H3,(H,25,29). The molecule has 4 rings (SSSR count). The molecule has 0 atom stereocenters. The highest BCUT2D eigenvalue weighted by atomic mass is 32.2. The smallest absolute Gasteiger partial charge is 0.410 e. The molecule has 1 fully saturated rings. The number of carbonyl (C=O) groups excluding carboxylic acids is 1. The van der Waals surface area contributed by atoms with Gasteiger partial charge in [0.05, 0.1) is 17.6 Å². The molecule has 10 nitrogen and oxygen atoms in total. The van der Waals surface area contributed by atoms with Crippen molar-refractivity contribution in [3.63, 3.8) is 0 Å². The Hall–Kier alpha value is -2.82. The highest BCUT2D eigenvalue weighted by Crippen LogP contribution is 2.30. The predicted octanol–water partition coefficient (Wildman–Crippen LogP) is 3.83. The molecule has 11 heteroatoms. The largest absolute Gasteiger partial charge is 0.444 e. The lowest BCUT2D eigenvalue weighted by atomic mass is 9.93. The summed E-state index contributed by atoms with van der Waals surface area (Å²) >= 11 is 1.73. The number of piperidine rings is 1. The van der Waals surface area contributed by atoms with E-state index < -0.39 is 5.60 Å². The van der Waals surface area contributed by atoms with E-state index >= 15 is 0 Å². The Morgan fingerprint density at radius 2 is 2.06 bits per heavy atom. The number of carbonyl (C=O) groups is 1. The minimum absolute atomic E-state index is 0.0851. The molecule has 33 heavy (non-hydrogen) atoms. The monoisotopic (exact) mass is 474 g/mol. The minimum Gasteiger partial charge on any atom is -0.444 e. The number of hydrogen-bond acceptors (Lipinski definition) is 8. The second-order valence-electron chi connectivity index (χ2n) is 9.49. The van der Waals surface area contributed by atoms with Crippen LogP contribution in [0.25, 0.3) is 17.1 Å². The fraction of sp³-hybridized carbons (Fsp3) is 0.591. The lowest BCUT2D eigenvalue weighted by molar-refractivity contribution is 0.0203. The van der Waals surface area contributed by atoms with Crippen molar-refractivity contribution in [1.29, 1.82) is 0 Å². The molecule has 0 aliphatic carbocycles. The van der Waals surface area contributed by atoms with Crippen molar-refractivity contribution in [1.82, 2.24) is 29.6 Å². The van der Waals surface area contributed by atoms with Crippen LogP contribution in [0.15, 0.2) is 21.6 Å². The summed E-state index contributed by atoms with van der Waals surface area (Å²) in [4.78, 5) is 33.9. The fourth-order valence-corrected chi connectivity index (χ4v) is 4.41. The van der Waals surface area contributed by atoms with Gasteiger partial charge >= 0.3 is 6.09 Å². The van der Waals surface area contributed by atoms with Gasteiger partial charge in [-0.15, -0.1) is 0 Å². The maximum atomic E-state index is 12.5. The Balaban J connectivity index is 1.54. The van der Waals surface area contributed by atoms with E-state index in [1.54, 1.807) is 33.4 Å². The van der Waals surface area contributed by atoms with Gasteiger partial charge in [-0.25, -0.2) is 9.31 Å². The molecule has 0 aromatic carbocycles. The van der Waals surface area contributed by atoms with Crippen LogP contribution in [0.4, 0.5) is 4.79 Å². The molecular formula is C22H30N6O4S. The molecule has 3 aromatic rings. The van der Waals surface area contributed by atoms with Gasteiger partial charge in [-0.3, -0.25) is 4.79 Å². The lowest BCUT2D eigenvalue weighted by Crippen LogP contribution is -2.41. The van der Waals surface area contributed by atoms with Gasteiger partial charge in [0.15, 0.2) is 5.82 Å². The van der Waals surface area contributed by atoms with E-state index in [0.717, 1.165) is 5.69 Å². The van der Waals surface area contributed by atoms with Gasteiger partial charge in [0.25, 0.3) is 11.4 Å². The summed E-state index contributed by atoms with van der Waals surface area (Å²) in [5.74, 6) is 1.67. The summed E-state index contributed by atoms with van der Waals surface area (Å²) in [6.07, 6.45) is 2.76. The van der Waals surface area contributed by atoms with Crippen molar-refractivity contribution < 1.29 is 14.1 Å². The van der Waals surface area contributed by atoms with Gasteiger partial charge in [-0.2, -0.15) is 21.8 Å². The second-order valence-corrected chi connectivity index (χ2v) is 11.1. The maximum Gasteiger partial charge on any atom is 0.410 e. The number of rotatable bonds is 5. The number of likely N-dealkylation sites (tertiary alicyclic amines) is 1. The highest BCUT2D eigenvalue weighted by Gasteiger charge is 2.29. The van der Waals surface area contributed by atoms with E-state index in [1.807, 2.05) is 20.8 Å². The average molecular weight is 475 g/mol. The van der Waals surface area contributed by atoms with Crippen LogP contribution in [0.5, 0.6) is 0 Å². The van der Waals surface area contributed by atoms with Gasteiger partial charge in [-0.1, -0.05) is 19.0 Å². The van der Waals surface area contributed by atoms with Crippen molar-refractivity contribution >= 4 is 23.5 Å². The number of H-pyrrole nitrogens is 1. The molecular weight excluding hydrogens is 444 g/mol. The van der Waals surface area contributed by atoms with Crippen molar-refractivity contribution in [3.05, 3.63) is 34.1 Å². The number of nitrogens with one attached hydrogen (secondary N) is 1. The summed E-state index contributed by atoms with van der Waals surface area (Å²) in [6.45, 7) is 10.9. The molecule has 4 heterocycles. The van der Waals surface area contributed by atoms with Crippen molar-refractivity contribution in [2.45, 2.75) is 70.0 Å². The number of thioether (sulfide) groups is 1. The molecule has 1 amide bonds. The third-order valence-electron chi connectivity index (χ3n) is 5.34. The number of nitrogens with zero attached hydrogens (tertiary/aromatic N) is 5. The van der Waals surface area contributed by atoms with Gasteiger partial charge in [0.2, 0.25) is 0 Å². The van der Waals surface area contributed by atoms with Crippen LogP contribution in [-0.2, 0) is 10.5 Å². The molecule has 1 aliphatic heterocycles. The summed E-state index contributed by atoms with van der Waals surface area (Å²) < 4.78 is 12.7. The highest BCUT2D eigenvalue weighted by molar-refractivity contribution is 7.99. The Kier molecular flexibility index (Phi) is 6.51. The molecule has 0 saturated carbocycles. The average Bonchev–Trinajstić information content (AvgIpc) is 3.37. The number of aromatic nitrogens is 5. The van der Waals surface area contributed by atoms with Gasteiger partial charge in [0.1, 0.15) is 16.8 Å². The number of fused-ring (bicyclic) bond motifs is 1. The van der Waals surface area contributed by atoms with E-state index in [9.17, 15) is 9.59 Å². The SMILES string of the molecule is CC(C)SCc1noc(-c2cnn3c(C4CCN(C(=O)OC(C)(C)C)CC4)cc(=O)[nH]c23)n1. The Labute approximate surface area is 196 Å². The number of amides is 1. The van der Waals surface area contributed by atoms with Crippen LogP contribution < -0.4 is 5.56 Å². The first-order valence-corrected chi connectivity index (χ1v) is 12.2. The Morgan fingerprint density at radius 1 is 1.33 bits per heavy atom. The number of aromatic amines is 1. The zero-order valence-electron chi connectivity index (χ0n) is 19.6. The Morgan fingerprint density at radius 3 is 2.73 bits per heavy atom. The van der Waals surface area contributed by atoms with Crippen molar-refractivity contribution in [3.8, 4) is 11.5 Å². The first-order valence-electron chi connectivity index (χ1n) is 11.1. The molecule has 0 spiro atoms. The molecule has 1 saturated heterocycles. The second kappa shape index (κ2) is 9.20. The van der Waals surface area contributed by atoms with Crippen LogP contribution in [0.1, 0.15) is 64.9 Å². The van der Waals surface area contributed by atoms with Crippen molar-refractivity contribution in [2.24, 2.45) is 0 Å². The Bertz CT molecular complexity index is 1180. The number of ether oxygens (including phenoxy) is 1. The van der Waals surface area contributed by atoms with Crippen LogP contribution in [0.3, 0.4) is 0 Å². The molecule has 3 aromatic heterocycles. The zero-order valence-corrected chi connectivity index (χ0v) is 20.4. The lowest BCUT2D eigenvalue weighted by Gasteiger charge is -2.33.